The number of rotatable bonds is 6. The van der Waals surface area contributed by atoms with Gasteiger partial charge < -0.3 is 9.16 Å². The monoisotopic (exact) mass is 539 g/mol. The predicted octanol–water partition coefficient (Wildman–Crippen LogP) is 7.54. The number of ether oxygens (including phenoxy) is 1. The van der Waals surface area contributed by atoms with E-state index in [0.29, 0.717) is 4.91 Å². The van der Waals surface area contributed by atoms with Gasteiger partial charge in [-0.3, -0.25) is 14.5 Å². The maximum Gasteiger partial charge on any atom is 0.326 e. The summed E-state index contributed by atoms with van der Waals surface area (Å²) in [5.41, 5.74) is 3.62. The number of hydrogen-bond donors (Lipinski definition) is 0. The van der Waals surface area contributed by atoms with Gasteiger partial charge in [-0.05, 0) is 84.4 Å². The van der Waals surface area contributed by atoms with Crippen molar-refractivity contribution in [3.63, 3.8) is 0 Å². The lowest BCUT2D eigenvalue weighted by Crippen LogP contribution is -2.39. The summed E-state index contributed by atoms with van der Waals surface area (Å²) in [7, 11) is -1.88. The second-order valence-corrected chi connectivity index (χ2v) is 17.9. The number of fused-ring (bicyclic) bond motifs is 1. The van der Waals surface area contributed by atoms with Crippen LogP contribution in [0.3, 0.4) is 0 Å². The Morgan fingerprint density at radius 3 is 2.08 bits per heavy atom. The molecule has 0 atom stereocenters. The summed E-state index contributed by atoms with van der Waals surface area (Å²) in [6.07, 6.45) is 1.95. The number of esters is 1. The molecule has 0 spiro atoms. The van der Waals surface area contributed by atoms with Crippen LogP contribution in [0.25, 0.3) is 6.08 Å². The number of nitrogens with zero attached hydrogens (tertiary/aromatic N) is 1. The van der Waals surface area contributed by atoms with Crippen LogP contribution in [0.4, 0.5) is 5.69 Å². The van der Waals surface area contributed by atoms with Crippen LogP contribution in [0.15, 0.2) is 46.2 Å². The second-order valence-electron chi connectivity index (χ2n) is 12.4. The first-order chi connectivity index (χ1) is 17.0. The molecule has 2 aromatic rings. The van der Waals surface area contributed by atoms with Gasteiger partial charge in [-0.2, -0.15) is 0 Å². The van der Waals surface area contributed by atoms with E-state index in [4.69, 9.17) is 9.16 Å². The van der Waals surface area contributed by atoms with Crippen molar-refractivity contribution >= 4 is 43.7 Å². The molecular weight excluding hydrogens is 498 g/mol. The van der Waals surface area contributed by atoms with E-state index < -0.39 is 14.3 Å². The molecule has 0 aliphatic carbocycles. The molecule has 0 saturated carbocycles. The zero-order chi connectivity index (χ0) is 27.8. The normalized spacial score (nSPS) is 15.6. The third-order valence-electron chi connectivity index (χ3n) is 5.86. The largest absolute Gasteiger partial charge is 0.544 e. The van der Waals surface area contributed by atoms with Gasteiger partial charge >= 0.3 is 5.97 Å². The third-order valence-corrected chi connectivity index (χ3v) is 7.75. The van der Waals surface area contributed by atoms with Crippen LogP contribution in [-0.4, -0.2) is 33.3 Å². The van der Waals surface area contributed by atoms with E-state index in [1.54, 1.807) is 6.92 Å². The SMILES string of the molecule is CCOC(=O)CN1C(=O)C(=Cc2cc(C(C)(C)C)c(O[Si](C)(C)C)c(C(C)(C)C)c2)Sc2ccccc21. The van der Waals surface area contributed by atoms with Gasteiger partial charge in [0.25, 0.3) is 5.91 Å². The molecule has 0 saturated heterocycles. The highest BCUT2D eigenvalue weighted by atomic mass is 32.2. The van der Waals surface area contributed by atoms with Crippen molar-refractivity contribution in [2.75, 3.05) is 18.1 Å². The minimum Gasteiger partial charge on any atom is -0.544 e. The van der Waals surface area contributed by atoms with Crippen LogP contribution < -0.4 is 9.33 Å². The van der Waals surface area contributed by atoms with Crippen molar-refractivity contribution in [1.29, 1.82) is 0 Å². The zero-order valence-electron chi connectivity index (χ0n) is 23.9. The molecule has 0 bridgehead atoms. The van der Waals surface area contributed by atoms with Crippen LogP contribution in [0, 0.1) is 0 Å². The Kier molecular flexibility index (Phi) is 8.40. The summed E-state index contributed by atoms with van der Waals surface area (Å²) in [6, 6.07) is 12.0. The summed E-state index contributed by atoms with van der Waals surface area (Å²) < 4.78 is 11.9. The number of carbonyl (C=O) groups is 2. The number of carbonyl (C=O) groups excluding carboxylic acids is 2. The quantitative estimate of drug-likeness (QED) is 0.216. The predicted molar refractivity (Wildman–Crippen MR) is 157 cm³/mol. The number of para-hydroxylation sites is 1. The molecule has 1 heterocycles. The lowest BCUT2D eigenvalue weighted by molar-refractivity contribution is -0.142. The van der Waals surface area contributed by atoms with Gasteiger partial charge in [0.1, 0.15) is 12.3 Å². The molecule has 1 aliphatic rings. The lowest BCUT2D eigenvalue weighted by atomic mass is 9.78. The molecule has 0 radical (unpaired) electrons. The van der Waals surface area contributed by atoms with Crippen molar-refractivity contribution < 1.29 is 18.8 Å². The Balaban J connectivity index is 2.19. The molecule has 7 heteroatoms. The van der Waals surface area contributed by atoms with Crippen LogP contribution in [0.1, 0.15) is 65.2 Å². The van der Waals surface area contributed by atoms with E-state index in [-0.39, 0.29) is 29.9 Å². The number of anilines is 1. The zero-order valence-corrected chi connectivity index (χ0v) is 25.8. The van der Waals surface area contributed by atoms with Crippen molar-refractivity contribution in [3.8, 4) is 5.75 Å². The highest BCUT2D eigenvalue weighted by molar-refractivity contribution is 8.04. The molecule has 37 heavy (non-hydrogen) atoms. The molecule has 1 amide bonds. The van der Waals surface area contributed by atoms with E-state index >= 15 is 0 Å². The van der Waals surface area contributed by atoms with Crippen LogP contribution in [0.5, 0.6) is 5.75 Å². The number of amides is 1. The minimum absolute atomic E-state index is 0.120. The third kappa shape index (κ3) is 7.08. The van der Waals surface area contributed by atoms with E-state index in [0.717, 1.165) is 33.0 Å². The van der Waals surface area contributed by atoms with Gasteiger partial charge in [0.05, 0.1) is 17.2 Å². The topological polar surface area (TPSA) is 55.8 Å². The minimum atomic E-state index is -1.88. The van der Waals surface area contributed by atoms with E-state index in [2.05, 4.69) is 73.3 Å². The Morgan fingerprint density at radius 2 is 1.57 bits per heavy atom. The smallest absolute Gasteiger partial charge is 0.326 e. The Hall–Kier alpha value is -2.51. The average molecular weight is 540 g/mol. The van der Waals surface area contributed by atoms with Crippen molar-refractivity contribution in [2.24, 2.45) is 0 Å². The van der Waals surface area contributed by atoms with Crippen molar-refractivity contribution in [1.82, 2.24) is 0 Å². The maximum atomic E-state index is 13.7. The van der Waals surface area contributed by atoms with Gasteiger partial charge in [0, 0.05) is 4.90 Å². The summed E-state index contributed by atoms with van der Waals surface area (Å²) in [5.74, 6) is 0.349. The number of benzene rings is 2. The van der Waals surface area contributed by atoms with Crippen LogP contribution in [0.2, 0.25) is 19.6 Å². The first kappa shape index (κ1) is 29.0. The Labute approximate surface area is 227 Å². The fourth-order valence-corrected chi connectivity index (χ4v) is 6.06. The molecule has 200 valence electrons. The molecule has 0 fully saturated rings. The molecule has 0 unspecified atom stereocenters. The van der Waals surface area contributed by atoms with Gasteiger partial charge in [-0.1, -0.05) is 65.4 Å². The van der Waals surface area contributed by atoms with Gasteiger partial charge in [0.2, 0.25) is 8.32 Å². The molecule has 5 nitrogen and oxygen atoms in total. The second kappa shape index (κ2) is 10.7. The lowest BCUT2D eigenvalue weighted by Gasteiger charge is -2.34. The van der Waals surface area contributed by atoms with Crippen LogP contribution >= 0.6 is 11.8 Å². The first-order valence-corrected chi connectivity index (χ1v) is 17.1. The summed E-state index contributed by atoms with van der Waals surface area (Å²) in [4.78, 5) is 29.0. The highest BCUT2D eigenvalue weighted by Crippen LogP contribution is 2.45. The molecule has 3 rings (SSSR count). The van der Waals surface area contributed by atoms with E-state index in [1.807, 2.05) is 30.3 Å². The fraction of sp³-hybridized carbons (Fsp3) is 0.467. The van der Waals surface area contributed by atoms with E-state index in [1.165, 1.54) is 16.7 Å². The standard InChI is InChI=1S/C30H41NO4SSi/c1-11-34-26(32)19-31-23-14-12-13-15-24(23)36-25(28(31)33)18-20-16-21(29(2,3)4)27(35-37(8,9)10)22(17-20)30(5,6)7/h12-18H,11,19H2,1-10H3. The Morgan fingerprint density at radius 1 is 1.00 bits per heavy atom. The van der Waals surface area contributed by atoms with Gasteiger partial charge in [-0.25, -0.2) is 0 Å². The molecule has 0 N–H and O–H groups in total. The van der Waals surface area contributed by atoms with E-state index in [9.17, 15) is 9.59 Å². The number of thioether (sulfide) groups is 1. The molecule has 0 aromatic heterocycles. The van der Waals surface area contributed by atoms with Crippen LogP contribution in [-0.2, 0) is 25.2 Å². The molecule has 1 aliphatic heterocycles. The van der Waals surface area contributed by atoms with Gasteiger partial charge in [-0.15, -0.1) is 0 Å². The summed E-state index contributed by atoms with van der Waals surface area (Å²) >= 11 is 1.44. The molecular formula is C30H41NO4SSi. The summed E-state index contributed by atoms with van der Waals surface area (Å²) in [5, 5.41) is 0. The highest BCUT2D eigenvalue weighted by Gasteiger charge is 2.33. The number of hydrogen-bond acceptors (Lipinski definition) is 5. The average Bonchev–Trinajstić information content (AvgIpc) is 2.75. The maximum absolute atomic E-state index is 13.7. The van der Waals surface area contributed by atoms with Crippen molar-refractivity contribution in [3.05, 3.63) is 58.0 Å². The first-order valence-electron chi connectivity index (χ1n) is 12.9. The summed E-state index contributed by atoms with van der Waals surface area (Å²) in [6.45, 7) is 21.7. The van der Waals surface area contributed by atoms with Crippen molar-refractivity contribution in [2.45, 2.75) is 83.8 Å². The van der Waals surface area contributed by atoms with Gasteiger partial charge in [0.15, 0.2) is 0 Å². The molecule has 2 aromatic carbocycles. The Bertz CT molecular complexity index is 1180. The fourth-order valence-electron chi connectivity index (χ4n) is 4.17.